The van der Waals surface area contributed by atoms with Crippen LogP contribution >= 0.6 is 0 Å². The maximum absolute atomic E-state index is 13.2. The molecule has 1 atom stereocenters. The van der Waals surface area contributed by atoms with E-state index in [0.29, 0.717) is 25.9 Å². The molecule has 36 heavy (non-hydrogen) atoms. The van der Waals surface area contributed by atoms with E-state index in [0.717, 1.165) is 62.7 Å². The van der Waals surface area contributed by atoms with Gasteiger partial charge >= 0.3 is 6.18 Å². The zero-order valence-corrected chi connectivity index (χ0v) is 20.3. The van der Waals surface area contributed by atoms with Crippen LogP contribution in [0.25, 0.3) is 0 Å². The van der Waals surface area contributed by atoms with Gasteiger partial charge in [0, 0.05) is 63.6 Å². The number of amides is 1. The van der Waals surface area contributed by atoms with Gasteiger partial charge in [0.1, 0.15) is 11.5 Å². The molecule has 2 aliphatic heterocycles. The molecule has 4 rings (SSSR count). The molecule has 194 valence electrons. The van der Waals surface area contributed by atoms with Crippen molar-refractivity contribution in [2.45, 2.75) is 38.4 Å². The highest BCUT2D eigenvalue weighted by molar-refractivity contribution is 5.76. The lowest BCUT2D eigenvalue weighted by molar-refractivity contribution is -0.137. The number of pyridine rings is 1. The summed E-state index contributed by atoms with van der Waals surface area (Å²) < 4.78 is 39.5. The standard InChI is InChI=1S/C25H31F3N6O2/c1-18-4-7-23(29-16-18)33-13-11-32(12-14-33)9-2-3-24(35)34-10-8-20(17-34)30-19-5-6-22(31-36)21(15-19)25(26,27)28/h4-7,15-16,20,30H,2-3,8-14,17H2,1H3/t20-/m0/s1. The van der Waals surface area contributed by atoms with Gasteiger partial charge in [-0.05, 0) is 61.3 Å². The van der Waals surface area contributed by atoms with E-state index < -0.39 is 17.4 Å². The minimum absolute atomic E-state index is 0.0678. The summed E-state index contributed by atoms with van der Waals surface area (Å²) in [5.41, 5.74) is -0.300. The van der Waals surface area contributed by atoms with Gasteiger partial charge in [0.25, 0.3) is 0 Å². The van der Waals surface area contributed by atoms with Crippen LogP contribution in [-0.2, 0) is 11.0 Å². The zero-order chi connectivity index (χ0) is 25.7. The average molecular weight is 505 g/mol. The number of piperazine rings is 1. The molecule has 2 saturated heterocycles. The van der Waals surface area contributed by atoms with Gasteiger partial charge in [0.15, 0.2) is 0 Å². The topological polar surface area (TPSA) is 81.1 Å². The smallest absolute Gasteiger partial charge is 0.380 e. The average Bonchev–Trinajstić information content (AvgIpc) is 3.33. The monoisotopic (exact) mass is 504 g/mol. The predicted octanol–water partition coefficient (Wildman–Crippen LogP) is 4.42. The highest BCUT2D eigenvalue weighted by Crippen LogP contribution is 2.38. The molecule has 1 aromatic carbocycles. The fraction of sp³-hybridized carbons (Fsp3) is 0.520. The quantitative estimate of drug-likeness (QED) is 0.536. The summed E-state index contributed by atoms with van der Waals surface area (Å²) >= 11 is 0. The molecule has 0 radical (unpaired) electrons. The molecule has 0 saturated carbocycles. The number of aryl methyl sites for hydroxylation is 1. The van der Waals surface area contributed by atoms with Gasteiger partial charge in [-0.25, -0.2) is 4.98 Å². The molecule has 1 amide bonds. The molecule has 2 fully saturated rings. The van der Waals surface area contributed by atoms with Gasteiger partial charge in [-0.2, -0.15) is 13.2 Å². The number of alkyl halides is 3. The van der Waals surface area contributed by atoms with Crippen molar-refractivity contribution >= 4 is 23.1 Å². The van der Waals surface area contributed by atoms with E-state index in [-0.39, 0.29) is 17.6 Å². The third-order valence-corrected chi connectivity index (χ3v) is 6.77. The second-order valence-electron chi connectivity index (χ2n) is 9.42. The van der Waals surface area contributed by atoms with Crippen molar-refractivity contribution in [2.24, 2.45) is 5.18 Å². The van der Waals surface area contributed by atoms with Crippen molar-refractivity contribution in [1.29, 1.82) is 0 Å². The first-order chi connectivity index (χ1) is 17.2. The molecule has 2 aromatic rings. The molecule has 3 heterocycles. The molecule has 8 nitrogen and oxygen atoms in total. The summed E-state index contributed by atoms with van der Waals surface area (Å²) in [6, 6.07) is 7.34. The first-order valence-corrected chi connectivity index (χ1v) is 12.2. The van der Waals surface area contributed by atoms with Gasteiger partial charge in [0.05, 0.1) is 5.56 Å². The van der Waals surface area contributed by atoms with Crippen LogP contribution in [0.1, 0.15) is 30.4 Å². The second-order valence-corrected chi connectivity index (χ2v) is 9.42. The number of anilines is 2. The second kappa shape index (κ2) is 11.2. The van der Waals surface area contributed by atoms with Crippen molar-refractivity contribution in [3.8, 4) is 0 Å². The van der Waals surface area contributed by atoms with Gasteiger partial charge in [0.2, 0.25) is 5.91 Å². The first kappa shape index (κ1) is 25.9. The zero-order valence-electron chi connectivity index (χ0n) is 20.3. The number of carbonyl (C=O) groups excluding carboxylic acids is 1. The maximum atomic E-state index is 13.2. The van der Waals surface area contributed by atoms with Crippen molar-refractivity contribution in [1.82, 2.24) is 14.8 Å². The maximum Gasteiger partial charge on any atom is 0.418 e. The van der Waals surface area contributed by atoms with Gasteiger partial charge in [-0.15, -0.1) is 4.91 Å². The summed E-state index contributed by atoms with van der Waals surface area (Å²) in [7, 11) is 0. The van der Waals surface area contributed by atoms with Crippen LogP contribution in [0.5, 0.6) is 0 Å². The largest absolute Gasteiger partial charge is 0.418 e. The highest BCUT2D eigenvalue weighted by Gasteiger charge is 2.35. The Morgan fingerprint density at radius 1 is 1.14 bits per heavy atom. The lowest BCUT2D eigenvalue weighted by atomic mass is 10.1. The molecule has 0 spiro atoms. The normalized spacial score (nSPS) is 18.9. The lowest BCUT2D eigenvalue weighted by Crippen LogP contribution is -2.47. The van der Waals surface area contributed by atoms with Crippen molar-refractivity contribution in [3.63, 3.8) is 0 Å². The van der Waals surface area contributed by atoms with Crippen LogP contribution in [0.4, 0.5) is 30.4 Å². The molecule has 0 aliphatic carbocycles. The van der Waals surface area contributed by atoms with Crippen LogP contribution in [-0.4, -0.2) is 72.5 Å². The SMILES string of the molecule is Cc1ccc(N2CCN(CCCC(=O)N3CC[C@H](Nc4ccc(N=O)c(C(F)(F)F)c4)C3)CC2)nc1. The van der Waals surface area contributed by atoms with Crippen LogP contribution in [0.3, 0.4) is 0 Å². The fourth-order valence-corrected chi connectivity index (χ4v) is 4.73. The number of hydrogen-bond acceptors (Lipinski definition) is 7. The summed E-state index contributed by atoms with van der Waals surface area (Å²) in [6.07, 6.45) is -0.916. The van der Waals surface area contributed by atoms with Gasteiger partial charge in [-0.3, -0.25) is 9.69 Å². The molecule has 0 unspecified atom stereocenters. The molecule has 2 aliphatic rings. The molecule has 1 aromatic heterocycles. The summed E-state index contributed by atoms with van der Waals surface area (Å²) in [4.78, 5) is 34.3. The van der Waals surface area contributed by atoms with E-state index in [4.69, 9.17) is 0 Å². The Morgan fingerprint density at radius 3 is 2.58 bits per heavy atom. The summed E-state index contributed by atoms with van der Waals surface area (Å²) in [5, 5.41) is 5.53. The van der Waals surface area contributed by atoms with E-state index in [2.05, 4.69) is 37.4 Å². The molecule has 1 N–H and O–H groups in total. The Hall–Kier alpha value is -3.21. The van der Waals surface area contributed by atoms with E-state index in [1.54, 1.807) is 4.90 Å². The minimum atomic E-state index is -4.66. The van der Waals surface area contributed by atoms with E-state index in [9.17, 15) is 22.9 Å². The minimum Gasteiger partial charge on any atom is -0.380 e. The Morgan fingerprint density at radius 2 is 1.92 bits per heavy atom. The van der Waals surface area contributed by atoms with Crippen molar-refractivity contribution in [3.05, 3.63) is 52.6 Å². The third-order valence-electron chi connectivity index (χ3n) is 6.77. The number of nitroso groups, excluding NO2 is 1. The Bertz CT molecular complexity index is 1050. The Balaban J connectivity index is 1.18. The van der Waals surface area contributed by atoms with E-state index in [1.165, 1.54) is 6.07 Å². The molecule has 11 heteroatoms. The van der Waals surface area contributed by atoms with E-state index in [1.807, 2.05) is 13.1 Å². The van der Waals surface area contributed by atoms with Crippen LogP contribution in [0, 0.1) is 11.8 Å². The Kier molecular flexibility index (Phi) is 8.07. The first-order valence-electron chi connectivity index (χ1n) is 12.2. The van der Waals surface area contributed by atoms with Crippen LogP contribution < -0.4 is 10.2 Å². The van der Waals surface area contributed by atoms with Crippen molar-refractivity contribution in [2.75, 3.05) is 56.0 Å². The van der Waals surface area contributed by atoms with E-state index >= 15 is 0 Å². The van der Waals surface area contributed by atoms with Gasteiger partial charge in [-0.1, -0.05) is 6.07 Å². The number of rotatable bonds is 8. The highest BCUT2D eigenvalue weighted by atomic mass is 19.4. The predicted molar refractivity (Wildman–Crippen MR) is 132 cm³/mol. The fourth-order valence-electron chi connectivity index (χ4n) is 4.73. The Labute approximate surface area is 208 Å². The number of halogens is 3. The number of likely N-dealkylation sites (tertiary alicyclic amines) is 1. The van der Waals surface area contributed by atoms with Crippen LogP contribution in [0.2, 0.25) is 0 Å². The number of benzene rings is 1. The molecular weight excluding hydrogens is 473 g/mol. The molecule has 0 bridgehead atoms. The summed E-state index contributed by atoms with van der Waals surface area (Å²) in [5.74, 6) is 1.07. The number of nitrogens with zero attached hydrogens (tertiary/aromatic N) is 5. The number of nitrogens with one attached hydrogen (secondary N) is 1. The number of aromatic nitrogens is 1. The number of hydrogen-bond donors (Lipinski definition) is 1. The van der Waals surface area contributed by atoms with Crippen LogP contribution in [0.15, 0.2) is 41.7 Å². The lowest BCUT2D eigenvalue weighted by Gasteiger charge is -2.35. The number of carbonyl (C=O) groups is 1. The third kappa shape index (κ3) is 6.51. The van der Waals surface area contributed by atoms with Gasteiger partial charge < -0.3 is 15.1 Å². The van der Waals surface area contributed by atoms with Crippen molar-refractivity contribution < 1.29 is 18.0 Å². The summed E-state index contributed by atoms with van der Waals surface area (Å²) in [6.45, 7) is 7.55. The molecular formula is C25H31F3N6O2.